The van der Waals surface area contributed by atoms with E-state index >= 15 is 0 Å². The van der Waals surface area contributed by atoms with E-state index in [1.54, 1.807) is 13.1 Å². The monoisotopic (exact) mass is 247 g/mol. The van der Waals surface area contributed by atoms with Crippen LogP contribution >= 0.6 is 0 Å². The van der Waals surface area contributed by atoms with Gasteiger partial charge in [-0.05, 0) is 31.0 Å². The Morgan fingerprint density at radius 1 is 1.56 bits per heavy atom. The zero-order chi connectivity index (χ0) is 13.1. The van der Waals surface area contributed by atoms with Gasteiger partial charge < -0.3 is 10.2 Å². The van der Waals surface area contributed by atoms with Crippen molar-refractivity contribution in [3.05, 3.63) is 29.6 Å². The molecule has 18 heavy (non-hydrogen) atoms. The molecule has 1 atom stereocenters. The molecule has 1 saturated heterocycles. The van der Waals surface area contributed by atoms with Gasteiger partial charge in [0.05, 0.1) is 11.6 Å². The number of carbonyl (C=O) groups is 1. The minimum Gasteiger partial charge on any atom is -0.359 e. The molecule has 4 nitrogen and oxygen atoms in total. The maximum atomic E-state index is 13.4. The van der Waals surface area contributed by atoms with Crippen LogP contribution in [0.25, 0.3) is 0 Å². The molecule has 0 radical (unpaired) electrons. The van der Waals surface area contributed by atoms with Gasteiger partial charge in [-0.2, -0.15) is 5.26 Å². The maximum Gasteiger partial charge on any atom is 0.242 e. The third kappa shape index (κ3) is 2.28. The second-order valence-corrected chi connectivity index (χ2v) is 4.28. The Morgan fingerprint density at radius 3 is 3.00 bits per heavy atom. The van der Waals surface area contributed by atoms with E-state index in [0.29, 0.717) is 12.2 Å². The van der Waals surface area contributed by atoms with Crippen molar-refractivity contribution in [2.24, 2.45) is 0 Å². The first-order valence-electron chi connectivity index (χ1n) is 5.84. The highest BCUT2D eigenvalue weighted by molar-refractivity contribution is 5.85. The van der Waals surface area contributed by atoms with Crippen LogP contribution in [0.4, 0.5) is 10.1 Å². The summed E-state index contributed by atoms with van der Waals surface area (Å²) >= 11 is 0. The first kappa shape index (κ1) is 12.4. The lowest BCUT2D eigenvalue weighted by molar-refractivity contribution is -0.121. The second-order valence-electron chi connectivity index (χ2n) is 4.28. The highest BCUT2D eigenvalue weighted by Gasteiger charge is 2.30. The predicted molar refractivity (Wildman–Crippen MR) is 65.5 cm³/mol. The topological polar surface area (TPSA) is 56.1 Å². The molecule has 2 rings (SSSR count). The number of anilines is 1. The first-order valence-corrected chi connectivity index (χ1v) is 5.84. The fourth-order valence-corrected chi connectivity index (χ4v) is 2.32. The number of nitrogens with one attached hydrogen (secondary N) is 1. The minimum atomic E-state index is -0.452. The number of likely N-dealkylation sites (N-methyl/N-ethyl adjacent to an activating group) is 1. The normalized spacial score (nSPS) is 18.5. The zero-order valence-electron chi connectivity index (χ0n) is 10.1. The molecular weight excluding hydrogens is 233 g/mol. The number of amides is 1. The summed E-state index contributed by atoms with van der Waals surface area (Å²) in [5, 5.41) is 11.4. The molecule has 5 heteroatoms. The molecule has 1 N–H and O–H groups in total. The summed E-state index contributed by atoms with van der Waals surface area (Å²) in [4.78, 5) is 13.6. The molecule has 1 aliphatic rings. The van der Waals surface area contributed by atoms with Crippen molar-refractivity contribution in [3.8, 4) is 6.07 Å². The van der Waals surface area contributed by atoms with E-state index in [2.05, 4.69) is 5.32 Å². The number of rotatable bonds is 2. The van der Waals surface area contributed by atoms with Crippen molar-refractivity contribution >= 4 is 11.6 Å². The Morgan fingerprint density at radius 2 is 2.33 bits per heavy atom. The molecule has 1 fully saturated rings. The van der Waals surface area contributed by atoms with E-state index in [-0.39, 0.29) is 17.5 Å². The van der Waals surface area contributed by atoms with Crippen LogP contribution in [0.5, 0.6) is 0 Å². The lowest BCUT2D eigenvalue weighted by Crippen LogP contribution is -2.42. The van der Waals surface area contributed by atoms with Crippen LogP contribution in [-0.4, -0.2) is 25.5 Å². The minimum absolute atomic E-state index is 0.0738. The van der Waals surface area contributed by atoms with Gasteiger partial charge in [0, 0.05) is 19.3 Å². The molecule has 0 aromatic heterocycles. The van der Waals surface area contributed by atoms with Gasteiger partial charge in [-0.15, -0.1) is 0 Å². The van der Waals surface area contributed by atoms with E-state index < -0.39 is 5.82 Å². The largest absolute Gasteiger partial charge is 0.359 e. The molecule has 1 amide bonds. The van der Waals surface area contributed by atoms with Gasteiger partial charge in [-0.3, -0.25) is 4.79 Å². The van der Waals surface area contributed by atoms with Crippen molar-refractivity contribution in [3.63, 3.8) is 0 Å². The fraction of sp³-hybridized carbons (Fsp3) is 0.385. The third-order valence-electron chi connectivity index (χ3n) is 3.15. The molecule has 1 aromatic carbocycles. The van der Waals surface area contributed by atoms with Crippen LogP contribution < -0.4 is 10.2 Å². The van der Waals surface area contributed by atoms with Crippen LogP contribution in [0, 0.1) is 17.1 Å². The molecule has 1 heterocycles. The molecule has 0 spiro atoms. The molecule has 1 aromatic rings. The zero-order valence-corrected chi connectivity index (χ0v) is 10.1. The van der Waals surface area contributed by atoms with Crippen molar-refractivity contribution in [2.75, 3.05) is 18.5 Å². The van der Waals surface area contributed by atoms with Crippen LogP contribution in [0.3, 0.4) is 0 Å². The van der Waals surface area contributed by atoms with E-state index in [0.717, 1.165) is 12.8 Å². The highest BCUT2D eigenvalue weighted by atomic mass is 19.1. The van der Waals surface area contributed by atoms with Crippen molar-refractivity contribution in [1.82, 2.24) is 5.32 Å². The fourth-order valence-electron chi connectivity index (χ4n) is 2.32. The van der Waals surface area contributed by atoms with E-state index in [1.807, 2.05) is 11.0 Å². The van der Waals surface area contributed by atoms with E-state index in [1.165, 1.54) is 12.1 Å². The Labute approximate surface area is 105 Å². The average molecular weight is 247 g/mol. The van der Waals surface area contributed by atoms with Crippen molar-refractivity contribution in [2.45, 2.75) is 18.9 Å². The first-order chi connectivity index (χ1) is 8.65. The molecule has 0 saturated carbocycles. The van der Waals surface area contributed by atoms with Gasteiger partial charge in [0.25, 0.3) is 0 Å². The van der Waals surface area contributed by atoms with Crippen molar-refractivity contribution in [1.29, 1.82) is 5.26 Å². The lowest BCUT2D eigenvalue weighted by atomic mass is 10.1. The SMILES string of the molecule is CNC(=O)C1CCCN1c1cc(F)cc(C#N)c1. The second kappa shape index (κ2) is 5.05. The molecule has 1 unspecified atom stereocenters. The van der Waals surface area contributed by atoms with E-state index in [9.17, 15) is 9.18 Å². The Kier molecular flexibility index (Phi) is 3.47. The highest BCUT2D eigenvalue weighted by Crippen LogP contribution is 2.27. The lowest BCUT2D eigenvalue weighted by Gasteiger charge is -2.25. The average Bonchev–Trinajstić information content (AvgIpc) is 2.86. The number of halogens is 1. The Hall–Kier alpha value is -2.09. The number of hydrogen-bond donors (Lipinski definition) is 1. The maximum absolute atomic E-state index is 13.4. The predicted octanol–water partition coefficient (Wildman–Crippen LogP) is 1.41. The smallest absolute Gasteiger partial charge is 0.242 e. The van der Waals surface area contributed by atoms with Gasteiger partial charge in [0.1, 0.15) is 11.9 Å². The number of carbonyl (C=O) groups excluding carboxylic acids is 1. The van der Waals surface area contributed by atoms with Crippen molar-refractivity contribution < 1.29 is 9.18 Å². The molecule has 0 bridgehead atoms. The summed E-state index contributed by atoms with van der Waals surface area (Å²) < 4.78 is 13.4. The van der Waals surface area contributed by atoms with Gasteiger partial charge >= 0.3 is 0 Å². The van der Waals surface area contributed by atoms with Gasteiger partial charge in [0.15, 0.2) is 0 Å². The number of hydrogen-bond acceptors (Lipinski definition) is 3. The summed E-state index contributed by atoms with van der Waals surface area (Å²) in [7, 11) is 1.59. The van der Waals surface area contributed by atoms with Crippen LogP contribution in [0.2, 0.25) is 0 Å². The van der Waals surface area contributed by atoms with Gasteiger partial charge in [-0.25, -0.2) is 4.39 Å². The van der Waals surface area contributed by atoms with Gasteiger partial charge in [0.2, 0.25) is 5.91 Å². The third-order valence-corrected chi connectivity index (χ3v) is 3.15. The Balaban J connectivity index is 2.33. The summed E-state index contributed by atoms with van der Waals surface area (Å²) in [6, 6.07) is 5.82. The van der Waals surface area contributed by atoms with Crippen LogP contribution in [-0.2, 0) is 4.79 Å². The summed E-state index contributed by atoms with van der Waals surface area (Å²) in [5.74, 6) is -0.526. The number of benzene rings is 1. The molecular formula is C13H14FN3O. The summed E-state index contributed by atoms with van der Waals surface area (Å²) in [6.07, 6.45) is 1.63. The standard InChI is InChI=1S/C13H14FN3O/c1-16-13(18)12-3-2-4-17(12)11-6-9(8-15)5-10(14)7-11/h5-7,12H,2-4H2,1H3,(H,16,18). The number of nitriles is 1. The summed E-state index contributed by atoms with van der Waals surface area (Å²) in [6.45, 7) is 0.701. The van der Waals surface area contributed by atoms with Gasteiger partial charge in [-0.1, -0.05) is 0 Å². The Bertz CT molecular complexity index is 509. The summed E-state index contributed by atoms with van der Waals surface area (Å²) in [5.41, 5.74) is 0.866. The van der Waals surface area contributed by atoms with E-state index in [4.69, 9.17) is 5.26 Å². The molecule has 0 aliphatic carbocycles. The molecule has 1 aliphatic heterocycles. The molecule has 94 valence electrons. The number of nitrogens with zero attached hydrogens (tertiary/aromatic N) is 2. The van der Waals surface area contributed by atoms with Crippen LogP contribution in [0.15, 0.2) is 18.2 Å². The van der Waals surface area contributed by atoms with Crippen LogP contribution in [0.1, 0.15) is 18.4 Å². The quantitative estimate of drug-likeness (QED) is 0.859.